The zero-order valence-corrected chi connectivity index (χ0v) is 12.8. The van der Waals surface area contributed by atoms with Crippen LogP contribution < -0.4 is 0 Å². The van der Waals surface area contributed by atoms with Crippen LogP contribution in [0.4, 0.5) is 0 Å². The highest BCUT2D eigenvalue weighted by Gasteiger charge is 2.45. The maximum absolute atomic E-state index is 12.7. The number of nitrogens with zero attached hydrogens (tertiary/aromatic N) is 4. The first-order chi connectivity index (χ1) is 10.0. The van der Waals surface area contributed by atoms with Crippen LogP contribution in [-0.4, -0.2) is 72.3 Å². The smallest absolute Gasteiger partial charge is 0.250 e. The van der Waals surface area contributed by atoms with Crippen molar-refractivity contribution in [2.24, 2.45) is 0 Å². The number of aromatic nitrogens is 2. The summed E-state index contributed by atoms with van der Waals surface area (Å²) in [5.41, 5.74) is -0.698. The van der Waals surface area contributed by atoms with Gasteiger partial charge in [0.15, 0.2) is 0 Å². The van der Waals surface area contributed by atoms with Crippen LogP contribution in [0.1, 0.15) is 12.8 Å². The molecule has 1 aromatic rings. The molecule has 0 unspecified atom stereocenters. The summed E-state index contributed by atoms with van der Waals surface area (Å²) in [5.74, 6) is -0.0195. The predicted octanol–water partition coefficient (Wildman–Crippen LogP) is -0.0646. The molecule has 116 valence electrons. The molecule has 0 radical (unpaired) electrons. The van der Waals surface area contributed by atoms with Crippen molar-refractivity contribution in [3.63, 3.8) is 0 Å². The molecule has 21 heavy (non-hydrogen) atoms. The van der Waals surface area contributed by atoms with Gasteiger partial charge in [-0.05, 0) is 18.9 Å². The minimum atomic E-state index is -0.698. The Hall–Kier alpha value is -1.89. The van der Waals surface area contributed by atoms with Gasteiger partial charge >= 0.3 is 0 Å². The number of rotatable bonds is 4. The van der Waals surface area contributed by atoms with E-state index < -0.39 is 5.54 Å². The Balaban J connectivity index is 2.18. The number of likely N-dealkylation sites (tertiary alicyclic amines) is 1. The molecular formula is C14H22N4O3. The van der Waals surface area contributed by atoms with E-state index in [0.29, 0.717) is 25.9 Å². The van der Waals surface area contributed by atoms with Crippen LogP contribution in [0.3, 0.4) is 0 Å². The van der Waals surface area contributed by atoms with Crippen molar-refractivity contribution in [3.8, 4) is 0 Å². The lowest BCUT2D eigenvalue weighted by molar-refractivity contribution is -0.146. The first-order valence-corrected chi connectivity index (χ1v) is 7.00. The normalized spacial score (nSPS) is 17.6. The second-order valence-electron chi connectivity index (χ2n) is 5.50. The zero-order chi connectivity index (χ0) is 15.5. The van der Waals surface area contributed by atoms with Gasteiger partial charge in [0.05, 0.1) is 0 Å². The topological polar surface area (TPSA) is 67.7 Å². The Morgan fingerprint density at radius 3 is 2.48 bits per heavy atom. The molecule has 1 saturated heterocycles. The summed E-state index contributed by atoms with van der Waals surface area (Å²) in [6.45, 7) is 1.14. The van der Waals surface area contributed by atoms with E-state index in [0.717, 1.165) is 0 Å². The van der Waals surface area contributed by atoms with Gasteiger partial charge in [-0.25, -0.2) is 0 Å². The van der Waals surface area contributed by atoms with Crippen LogP contribution >= 0.6 is 0 Å². The lowest BCUT2D eigenvalue weighted by atomic mass is 9.86. The summed E-state index contributed by atoms with van der Waals surface area (Å²) in [6.07, 6.45) is 4.60. The van der Waals surface area contributed by atoms with Crippen molar-refractivity contribution >= 4 is 11.8 Å². The lowest BCUT2D eigenvalue weighted by Gasteiger charge is -2.41. The SMILES string of the molecule is COCC(=O)N1CCC(C(=O)N(C)C)(n2cccn2)CC1. The van der Waals surface area contributed by atoms with Gasteiger partial charge < -0.3 is 14.5 Å². The highest BCUT2D eigenvalue weighted by Crippen LogP contribution is 2.31. The van der Waals surface area contributed by atoms with Crippen LogP contribution in [0.5, 0.6) is 0 Å². The Bertz CT molecular complexity index is 490. The monoisotopic (exact) mass is 294 g/mol. The van der Waals surface area contributed by atoms with E-state index in [2.05, 4.69) is 5.10 Å². The average molecular weight is 294 g/mol. The molecule has 1 aliphatic heterocycles. The Morgan fingerprint density at radius 1 is 1.33 bits per heavy atom. The quantitative estimate of drug-likeness (QED) is 0.780. The Labute approximate surface area is 124 Å². The summed E-state index contributed by atoms with van der Waals surface area (Å²) < 4.78 is 6.61. The standard InChI is InChI=1S/C14H22N4O3/c1-16(2)13(20)14(18-8-4-7-15-18)5-9-17(10-6-14)12(19)11-21-3/h4,7-8H,5-6,9-11H2,1-3H3. The van der Waals surface area contributed by atoms with Crippen molar-refractivity contribution in [2.75, 3.05) is 40.9 Å². The molecule has 0 aromatic carbocycles. The van der Waals surface area contributed by atoms with E-state index in [-0.39, 0.29) is 18.4 Å². The van der Waals surface area contributed by atoms with Gasteiger partial charge in [-0.3, -0.25) is 14.3 Å². The molecule has 1 aromatic heterocycles. The molecule has 0 atom stereocenters. The number of carbonyl (C=O) groups excluding carboxylic acids is 2. The molecule has 7 nitrogen and oxygen atoms in total. The van der Waals surface area contributed by atoms with Crippen molar-refractivity contribution < 1.29 is 14.3 Å². The van der Waals surface area contributed by atoms with E-state index >= 15 is 0 Å². The van der Waals surface area contributed by atoms with E-state index in [1.165, 1.54) is 7.11 Å². The summed E-state index contributed by atoms with van der Waals surface area (Å²) in [6, 6.07) is 1.81. The summed E-state index contributed by atoms with van der Waals surface area (Å²) >= 11 is 0. The average Bonchev–Trinajstić information content (AvgIpc) is 3.01. The number of carbonyl (C=O) groups is 2. The molecule has 2 heterocycles. The second-order valence-corrected chi connectivity index (χ2v) is 5.50. The van der Waals surface area contributed by atoms with Gasteiger partial charge in [0.2, 0.25) is 11.8 Å². The highest BCUT2D eigenvalue weighted by molar-refractivity contribution is 5.85. The first kappa shape index (κ1) is 15.5. The van der Waals surface area contributed by atoms with E-state index in [1.54, 1.807) is 34.8 Å². The van der Waals surface area contributed by atoms with Gasteiger partial charge in [0.1, 0.15) is 12.1 Å². The second kappa shape index (κ2) is 6.26. The van der Waals surface area contributed by atoms with Crippen LogP contribution in [0.25, 0.3) is 0 Å². The number of piperidine rings is 1. The van der Waals surface area contributed by atoms with Crippen LogP contribution in [-0.2, 0) is 19.9 Å². The number of amides is 2. The zero-order valence-electron chi connectivity index (χ0n) is 12.8. The van der Waals surface area contributed by atoms with Crippen molar-refractivity contribution in [1.82, 2.24) is 19.6 Å². The summed E-state index contributed by atoms with van der Waals surface area (Å²) in [5, 5.41) is 4.26. The van der Waals surface area contributed by atoms with Crippen LogP contribution in [0.15, 0.2) is 18.5 Å². The molecule has 2 rings (SSSR count). The van der Waals surface area contributed by atoms with Crippen molar-refractivity contribution in [2.45, 2.75) is 18.4 Å². The maximum atomic E-state index is 12.7. The number of methoxy groups -OCH3 is 1. The third-order valence-electron chi connectivity index (χ3n) is 3.96. The highest BCUT2D eigenvalue weighted by atomic mass is 16.5. The molecule has 0 bridgehead atoms. The van der Waals surface area contributed by atoms with Crippen LogP contribution in [0, 0.1) is 0 Å². The van der Waals surface area contributed by atoms with E-state index in [1.807, 2.05) is 12.3 Å². The summed E-state index contributed by atoms with van der Waals surface area (Å²) in [7, 11) is 5.00. The van der Waals surface area contributed by atoms with Gasteiger partial charge in [-0.15, -0.1) is 0 Å². The minimum Gasteiger partial charge on any atom is -0.375 e. The minimum absolute atomic E-state index is 0.0186. The number of hydrogen-bond acceptors (Lipinski definition) is 4. The van der Waals surface area contributed by atoms with Gasteiger partial charge in [0.25, 0.3) is 0 Å². The van der Waals surface area contributed by atoms with Gasteiger partial charge in [0, 0.05) is 46.7 Å². The Morgan fingerprint density at radius 2 is 2.00 bits per heavy atom. The molecule has 1 aliphatic rings. The van der Waals surface area contributed by atoms with Crippen molar-refractivity contribution in [3.05, 3.63) is 18.5 Å². The van der Waals surface area contributed by atoms with Gasteiger partial charge in [-0.1, -0.05) is 0 Å². The fourth-order valence-electron chi connectivity index (χ4n) is 2.82. The lowest BCUT2D eigenvalue weighted by Crippen LogP contribution is -2.56. The first-order valence-electron chi connectivity index (χ1n) is 7.00. The van der Waals surface area contributed by atoms with Crippen molar-refractivity contribution in [1.29, 1.82) is 0 Å². The molecule has 0 saturated carbocycles. The Kier molecular flexibility index (Phi) is 4.62. The molecule has 2 amide bonds. The molecule has 0 spiro atoms. The molecule has 0 aliphatic carbocycles. The number of hydrogen-bond donors (Lipinski definition) is 0. The summed E-state index contributed by atoms with van der Waals surface area (Å²) in [4.78, 5) is 27.9. The fourth-order valence-corrected chi connectivity index (χ4v) is 2.82. The maximum Gasteiger partial charge on any atom is 0.250 e. The van der Waals surface area contributed by atoms with Gasteiger partial charge in [-0.2, -0.15) is 5.10 Å². The van der Waals surface area contributed by atoms with E-state index in [9.17, 15) is 9.59 Å². The molecule has 7 heteroatoms. The molecule has 0 N–H and O–H groups in total. The molecular weight excluding hydrogens is 272 g/mol. The molecule has 1 fully saturated rings. The van der Waals surface area contributed by atoms with E-state index in [4.69, 9.17) is 4.74 Å². The van der Waals surface area contributed by atoms with Crippen LogP contribution in [0.2, 0.25) is 0 Å². The number of likely N-dealkylation sites (N-methyl/N-ethyl adjacent to an activating group) is 1. The largest absolute Gasteiger partial charge is 0.375 e. The third-order valence-corrected chi connectivity index (χ3v) is 3.96. The third kappa shape index (κ3) is 2.92. The predicted molar refractivity (Wildman–Crippen MR) is 76.6 cm³/mol. The fraction of sp³-hybridized carbons (Fsp3) is 0.643. The number of ether oxygens (including phenoxy) is 1.